The molecule has 0 aliphatic carbocycles. The number of anilines is 1. The second kappa shape index (κ2) is 6.69. The Labute approximate surface area is 130 Å². The molecule has 0 saturated carbocycles. The van der Waals surface area contributed by atoms with Crippen LogP contribution in [0.1, 0.15) is 20.8 Å². The molecule has 0 unspecified atom stereocenters. The van der Waals surface area contributed by atoms with Crippen LogP contribution in [0.4, 0.5) is 5.69 Å². The lowest BCUT2D eigenvalue weighted by molar-refractivity contribution is -0.119. The number of carbonyl (C=O) groups is 1. The summed E-state index contributed by atoms with van der Waals surface area (Å²) in [5.74, 6) is -0.189. The molecule has 0 aliphatic heterocycles. The van der Waals surface area contributed by atoms with Gasteiger partial charge in [0.05, 0.1) is 24.1 Å². The minimum atomic E-state index is -0.558. The fourth-order valence-corrected chi connectivity index (χ4v) is 1.66. The van der Waals surface area contributed by atoms with E-state index in [1.54, 1.807) is 17.1 Å². The molecule has 1 atom stereocenters. The van der Waals surface area contributed by atoms with E-state index in [1.807, 2.05) is 45.0 Å². The normalized spacial score (nSPS) is 12.4. The average molecular weight is 310 g/mol. The van der Waals surface area contributed by atoms with Crippen LogP contribution in [0.15, 0.2) is 36.7 Å². The zero-order valence-corrected chi connectivity index (χ0v) is 13.1. The molecule has 0 spiro atoms. The molecule has 0 aliphatic rings. The van der Waals surface area contributed by atoms with Crippen LogP contribution in [0.2, 0.25) is 0 Å². The van der Waals surface area contributed by atoms with E-state index in [-0.39, 0.29) is 23.7 Å². The summed E-state index contributed by atoms with van der Waals surface area (Å²) >= 11 is 0. The van der Waals surface area contributed by atoms with E-state index in [9.17, 15) is 4.79 Å². The van der Waals surface area contributed by atoms with Gasteiger partial charge in [-0.3, -0.25) is 4.79 Å². The number of rotatable bonds is 3. The standard InChI is InChI=1S/C14H19N5O.ClH/c1-14(2,3)12(15)13(20)17-10-4-6-11(7-5-10)19-9-8-16-18-19;/h4-9,12H,15H2,1-3H3,(H,17,20);1H/t12-;/m1./s1. The van der Waals surface area contributed by atoms with Crippen molar-refractivity contribution in [3.63, 3.8) is 0 Å². The predicted molar refractivity (Wildman–Crippen MR) is 84.7 cm³/mol. The number of benzene rings is 1. The van der Waals surface area contributed by atoms with Gasteiger partial charge in [-0.2, -0.15) is 0 Å². The number of carbonyl (C=O) groups excluding carboxylic acids is 1. The van der Waals surface area contributed by atoms with E-state index >= 15 is 0 Å². The van der Waals surface area contributed by atoms with Gasteiger partial charge in [0.2, 0.25) is 5.91 Å². The van der Waals surface area contributed by atoms with Crippen molar-refractivity contribution in [2.45, 2.75) is 26.8 Å². The molecule has 1 aromatic heterocycles. The first-order chi connectivity index (χ1) is 9.38. The Balaban J connectivity index is 0.00000220. The van der Waals surface area contributed by atoms with Crippen LogP contribution in [-0.2, 0) is 4.79 Å². The predicted octanol–water partition coefficient (Wildman–Crippen LogP) is 2.00. The number of hydrogen-bond acceptors (Lipinski definition) is 4. The van der Waals surface area contributed by atoms with Crippen LogP contribution in [0, 0.1) is 5.41 Å². The molecule has 1 aromatic carbocycles. The van der Waals surface area contributed by atoms with Crippen molar-refractivity contribution in [1.29, 1.82) is 0 Å². The van der Waals surface area contributed by atoms with Gasteiger partial charge in [-0.15, -0.1) is 17.5 Å². The molecule has 7 heteroatoms. The molecule has 2 aromatic rings. The first-order valence-corrected chi connectivity index (χ1v) is 6.41. The molecule has 1 amide bonds. The zero-order valence-electron chi connectivity index (χ0n) is 12.3. The van der Waals surface area contributed by atoms with Gasteiger partial charge < -0.3 is 11.1 Å². The van der Waals surface area contributed by atoms with Crippen LogP contribution in [0.25, 0.3) is 5.69 Å². The zero-order chi connectivity index (χ0) is 14.8. The number of amides is 1. The second-order valence-electron chi connectivity index (χ2n) is 5.73. The fourth-order valence-electron chi connectivity index (χ4n) is 1.66. The first-order valence-electron chi connectivity index (χ1n) is 6.41. The minimum absolute atomic E-state index is 0. The third-order valence-electron chi connectivity index (χ3n) is 3.04. The molecule has 2 rings (SSSR count). The lowest BCUT2D eigenvalue weighted by atomic mass is 9.87. The molecular weight excluding hydrogens is 290 g/mol. The molecule has 0 radical (unpaired) electrons. The van der Waals surface area contributed by atoms with Crippen LogP contribution < -0.4 is 11.1 Å². The maximum Gasteiger partial charge on any atom is 0.241 e. The van der Waals surface area contributed by atoms with E-state index in [0.29, 0.717) is 5.69 Å². The van der Waals surface area contributed by atoms with Crippen molar-refractivity contribution < 1.29 is 4.79 Å². The molecule has 114 valence electrons. The Hall–Kier alpha value is -1.92. The molecular formula is C14H20ClN5O. The van der Waals surface area contributed by atoms with Crippen molar-refractivity contribution in [3.8, 4) is 5.69 Å². The summed E-state index contributed by atoms with van der Waals surface area (Å²) < 4.78 is 1.65. The lowest BCUT2D eigenvalue weighted by Gasteiger charge is -2.25. The Morgan fingerprint density at radius 1 is 1.29 bits per heavy atom. The summed E-state index contributed by atoms with van der Waals surface area (Å²) in [5.41, 5.74) is 7.22. The van der Waals surface area contributed by atoms with E-state index in [4.69, 9.17) is 5.73 Å². The van der Waals surface area contributed by atoms with Gasteiger partial charge in [0.25, 0.3) is 0 Å². The molecule has 6 nitrogen and oxygen atoms in total. The van der Waals surface area contributed by atoms with Gasteiger partial charge in [0, 0.05) is 5.69 Å². The first kappa shape index (κ1) is 17.1. The van der Waals surface area contributed by atoms with Gasteiger partial charge in [-0.25, -0.2) is 4.68 Å². The Kier molecular flexibility index (Phi) is 5.46. The number of nitrogens with zero attached hydrogens (tertiary/aromatic N) is 3. The largest absolute Gasteiger partial charge is 0.325 e. The van der Waals surface area contributed by atoms with Gasteiger partial charge in [0.15, 0.2) is 0 Å². The average Bonchev–Trinajstić information content (AvgIpc) is 2.91. The van der Waals surface area contributed by atoms with Crippen LogP contribution in [0.5, 0.6) is 0 Å². The van der Waals surface area contributed by atoms with Gasteiger partial charge in [-0.1, -0.05) is 26.0 Å². The highest BCUT2D eigenvalue weighted by Gasteiger charge is 2.27. The maximum absolute atomic E-state index is 12.0. The van der Waals surface area contributed by atoms with Crippen LogP contribution >= 0.6 is 12.4 Å². The SMILES string of the molecule is CC(C)(C)[C@H](N)C(=O)Nc1ccc(-n2ccnn2)cc1.Cl. The third kappa shape index (κ3) is 4.27. The monoisotopic (exact) mass is 309 g/mol. The summed E-state index contributed by atoms with van der Waals surface area (Å²) in [5, 5.41) is 10.5. The number of halogens is 1. The van der Waals surface area contributed by atoms with E-state index in [2.05, 4.69) is 15.6 Å². The molecule has 1 heterocycles. The number of nitrogens with one attached hydrogen (secondary N) is 1. The van der Waals surface area contributed by atoms with E-state index < -0.39 is 6.04 Å². The summed E-state index contributed by atoms with van der Waals surface area (Å²) in [6.07, 6.45) is 3.36. The van der Waals surface area contributed by atoms with Crippen molar-refractivity contribution in [2.24, 2.45) is 11.1 Å². The Morgan fingerprint density at radius 2 is 1.90 bits per heavy atom. The Bertz CT molecular complexity index is 574. The maximum atomic E-state index is 12.0. The van der Waals surface area contributed by atoms with Crippen molar-refractivity contribution >= 4 is 24.0 Å². The quantitative estimate of drug-likeness (QED) is 0.908. The highest BCUT2D eigenvalue weighted by Crippen LogP contribution is 2.19. The molecule has 0 fully saturated rings. The number of hydrogen-bond donors (Lipinski definition) is 2. The van der Waals surface area contributed by atoms with Crippen LogP contribution in [-0.4, -0.2) is 26.9 Å². The Morgan fingerprint density at radius 3 is 2.38 bits per heavy atom. The molecule has 3 N–H and O–H groups in total. The summed E-state index contributed by atoms with van der Waals surface area (Å²) in [7, 11) is 0. The second-order valence-corrected chi connectivity index (χ2v) is 5.73. The van der Waals surface area contributed by atoms with Crippen molar-refractivity contribution in [1.82, 2.24) is 15.0 Å². The van der Waals surface area contributed by atoms with Crippen molar-refractivity contribution in [3.05, 3.63) is 36.7 Å². The topological polar surface area (TPSA) is 85.8 Å². The highest BCUT2D eigenvalue weighted by atomic mass is 35.5. The highest BCUT2D eigenvalue weighted by molar-refractivity contribution is 5.95. The summed E-state index contributed by atoms with van der Waals surface area (Å²) in [4.78, 5) is 12.0. The fraction of sp³-hybridized carbons (Fsp3) is 0.357. The molecule has 21 heavy (non-hydrogen) atoms. The smallest absolute Gasteiger partial charge is 0.241 e. The van der Waals surface area contributed by atoms with Gasteiger partial charge in [-0.05, 0) is 29.7 Å². The molecule has 0 bridgehead atoms. The van der Waals surface area contributed by atoms with E-state index in [0.717, 1.165) is 5.69 Å². The third-order valence-corrected chi connectivity index (χ3v) is 3.04. The minimum Gasteiger partial charge on any atom is -0.325 e. The van der Waals surface area contributed by atoms with Crippen molar-refractivity contribution in [2.75, 3.05) is 5.32 Å². The molecule has 0 saturated heterocycles. The van der Waals surface area contributed by atoms with E-state index in [1.165, 1.54) is 0 Å². The number of nitrogens with two attached hydrogens (primary N) is 1. The van der Waals surface area contributed by atoms with Gasteiger partial charge >= 0.3 is 0 Å². The van der Waals surface area contributed by atoms with Gasteiger partial charge in [0.1, 0.15) is 0 Å². The number of aromatic nitrogens is 3. The van der Waals surface area contributed by atoms with Crippen LogP contribution in [0.3, 0.4) is 0 Å². The summed E-state index contributed by atoms with van der Waals surface area (Å²) in [6.45, 7) is 5.81. The summed E-state index contributed by atoms with van der Waals surface area (Å²) in [6, 6.07) is 6.77. The lowest BCUT2D eigenvalue weighted by Crippen LogP contribution is -2.45.